The number of thioether (sulfide) groups is 1. The highest BCUT2D eigenvalue weighted by molar-refractivity contribution is 8.14. The molecular formula is C20H17N5O4S. The number of furan rings is 1. The van der Waals surface area contributed by atoms with Crippen LogP contribution >= 0.6 is 11.8 Å². The van der Waals surface area contributed by atoms with Gasteiger partial charge in [0.2, 0.25) is 5.27 Å². The molecule has 1 amide bonds. The largest absolute Gasteiger partial charge is 0.861 e. The van der Waals surface area contributed by atoms with Crippen molar-refractivity contribution in [2.24, 2.45) is 9.98 Å². The summed E-state index contributed by atoms with van der Waals surface area (Å²) in [6.07, 6.45) is 4.63. The Labute approximate surface area is 176 Å². The molecule has 2 aromatic heterocycles. The van der Waals surface area contributed by atoms with E-state index in [1.807, 2.05) is 25.1 Å². The second-order valence-corrected chi connectivity index (χ2v) is 7.05. The molecule has 0 saturated heterocycles. The molecule has 152 valence electrons. The fraction of sp³-hybridized carbons (Fsp3) is 0.150. The third kappa shape index (κ3) is 4.33. The van der Waals surface area contributed by atoms with Crippen molar-refractivity contribution in [2.75, 3.05) is 10.7 Å². The Morgan fingerprint density at radius 1 is 1.30 bits per heavy atom. The molecule has 3 aromatic rings. The quantitative estimate of drug-likeness (QED) is 0.260. The van der Waals surface area contributed by atoms with Crippen LogP contribution in [0.4, 0.5) is 11.6 Å². The smallest absolute Gasteiger partial charge is 0.320 e. The number of aliphatic imine (C=N–C) groups is 2. The molecule has 4 rings (SSSR count). The zero-order chi connectivity index (χ0) is 20.9. The lowest BCUT2D eigenvalue weighted by Gasteiger charge is -2.18. The minimum atomic E-state index is -0.425. The predicted molar refractivity (Wildman–Crippen MR) is 110 cm³/mol. The number of anilines is 1. The Hall–Kier alpha value is -3.66. The first-order chi connectivity index (χ1) is 14.6. The van der Waals surface area contributed by atoms with Crippen molar-refractivity contribution in [1.82, 2.24) is 5.27 Å². The lowest BCUT2D eigenvalue weighted by Crippen LogP contribution is -2.32. The van der Waals surface area contributed by atoms with E-state index in [0.29, 0.717) is 23.2 Å². The van der Waals surface area contributed by atoms with E-state index in [-0.39, 0.29) is 23.2 Å². The summed E-state index contributed by atoms with van der Waals surface area (Å²) in [6, 6.07) is 12.6. The van der Waals surface area contributed by atoms with E-state index in [1.54, 1.807) is 36.5 Å². The van der Waals surface area contributed by atoms with Crippen LogP contribution in [0.2, 0.25) is 0 Å². The summed E-state index contributed by atoms with van der Waals surface area (Å²) in [6.45, 7) is 2.50. The van der Waals surface area contributed by atoms with Crippen molar-refractivity contribution in [1.29, 1.82) is 0 Å². The Morgan fingerprint density at radius 3 is 2.83 bits per heavy atom. The van der Waals surface area contributed by atoms with Crippen molar-refractivity contribution in [3.8, 4) is 0 Å². The molecule has 9 nitrogen and oxygen atoms in total. The van der Waals surface area contributed by atoms with E-state index in [9.17, 15) is 9.90 Å². The molecule has 0 saturated carbocycles. The maximum absolute atomic E-state index is 13.0. The summed E-state index contributed by atoms with van der Waals surface area (Å²) in [5.41, 5.74) is 0.875. The number of aromatic nitrogens is 2. The molecule has 0 radical (unpaired) electrons. The number of carbonyl (C=O) groups excluding carboxylic acids is 1. The van der Waals surface area contributed by atoms with Gasteiger partial charge in [-0.1, -0.05) is 34.6 Å². The van der Waals surface area contributed by atoms with Crippen molar-refractivity contribution in [2.45, 2.75) is 13.5 Å². The molecule has 1 aliphatic rings. The van der Waals surface area contributed by atoms with Gasteiger partial charge in [0.25, 0.3) is 12.1 Å². The molecular weight excluding hydrogens is 406 g/mol. The van der Waals surface area contributed by atoms with Crippen molar-refractivity contribution in [3.63, 3.8) is 0 Å². The number of benzene rings is 1. The number of aryl methyl sites for hydroxylation is 1. The summed E-state index contributed by atoms with van der Waals surface area (Å²) in [5.74, 6) is -0.0991. The van der Waals surface area contributed by atoms with Crippen LogP contribution in [0.3, 0.4) is 0 Å². The fourth-order valence-electron chi connectivity index (χ4n) is 2.65. The normalized spacial score (nSPS) is 15.8. The van der Waals surface area contributed by atoms with Gasteiger partial charge in [0.15, 0.2) is 11.7 Å². The summed E-state index contributed by atoms with van der Waals surface area (Å²) in [7, 11) is 0. The van der Waals surface area contributed by atoms with Crippen molar-refractivity contribution < 1.29 is 23.5 Å². The van der Waals surface area contributed by atoms with E-state index >= 15 is 0 Å². The molecule has 30 heavy (non-hydrogen) atoms. The first kappa shape index (κ1) is 19.6. The first-order valence-corrected chi connectivity index (χ1v) is 10.1. The average Bonchev–Trinajstić information content (AvgIpc) is 3.49. The van der Waals surface area contributed by atoms with Crippen molar-refractivity contribution in [3.05, 3.63) is 66.4 Å². The molecule has 0 fully saturated rings. The highest BCUT2D eigenvalue weighted by atomic mass is 32.2. The van der Waals surface area contributed by atoms with E-state index in [4.69, 9.17) is 8.94 Å². The number of amidine groups is 1. The first-order valence-electron chi connectivity index (χ1n) is 9.11. The number of rotatable bonds is 6. The molecule has 1 aromatic carbocycles. The van der Waals surface area contributed by atoms with Crippen LogP contribution in [0.5, 0.6) is 0 Å². The van der Waals surface area contributed by atoms with Crippen LogP contribution in [-0.4, -0.2) is 28.0 Å². The van der Waals surface area contributed by atoms with Gasteiger partial charge < -0.3 is 9.52 Å². The maximum atomic E-state index is 13.0. The van der Waals surface area contributed by atoms with E-state index < -0.39 is 5.90 Å². The molecule has 10 heteroatoms. The van der Waals surface area contributed by atoms with Gasteiger partial charge in [-0.15, -0.1) is 0 Å². The van der Waals surface area contributed by atoms with E-state index in [2.05, 4.69) is 15.3 Å². The topological polar surface area (TPSA) is 111 Å². The molecule has 0 bridgehead atoms. The molecule has 0 N–H and O–H groups in total. The minimum Gasteiger partial charge on any atom is -0.861 e. The van der Waals surface area contributed by atoms with Gasteiger partial charge in [-0.05, 0) is 37.1 Å². The van der Waals surface area contributed by atoms with Gasteiger partial charge in [-0.25, -0.2) is 9.98 Å². The summed E-state index contributed by atoms with van der Waals surface area (Å²) < 4.78 is 11.8. The molecule has 0 atom stereocenters. The van der Waals surface area contributed by atoms with E-state index in [0.717, 1.165) is 11.8 Å². The number of carbonyl (C=O) groups is 1. The van der Waals surface area contributed by atoms with Gasteiger partial charge in [-0.3, -0.25) is 14.2 Å². The summed E-state index contributed by atoms with van der Waals surface area (Å²) >= 11 is 1.12. The van der Waals surface area contributed by atoms with Gasteiger partial charge in [0.05, 0.1) is 12.0 Å². The standard InChI is InChI=1S/C20H17N5O4S/c1-2-24-12-18(29-23-24)22-17(26)13-30-20-21-16(11-15-9-6-10-28-15)19(27)25(20)14-7-4-3-5-8-14/h3-12H,2,13H2,1H3/b16-11+. The van der Waals surface area contributed by atoms with Crippen LogP contribution in [0.25, 0.3) is 6.08 Å². The van der Waals surface area contributed by atoms with Crippen LogP contribution in [0.15, 0.2) is 79.5 Å². The third-order valence-electron chi connectivity index (χ3n) is 4.05. The monoisotopic (exact) mass is 423 g/mol. The number of hydrogen-bond acceptors (Lipinski definition) is 8. The SMILES string of the molecule is CC[n+]1cc(/N=C(/[O-])CSC2=N/C(=C/c3ccco3)C(=O)N2c2ccccc2)on1. The maximum Gasteiger partial charge on any atom is 0.320 e. The van der Waals surface area contributed by atoms with Gasteiger partial charge >= 0.3 is 5.88 Å². The number of para-hydroxylation sites is 1. The molecule has 1 aliphatic heterocycles. The van der Waals surface area contributed by atoms with Crippen molar-refractivity contribution >= 4 is 46.4 Å². The summed E-state index contributed by atoms with van der Waals surface area (Å²) in [4.78, 5) is 22.7. The molecule has 0 spiro atoms. The Kier molecular flexibility index (Phi) is 5.75. The number of amides is 1. The number of hydrogen-bond donors (Lipinski definition) is 0. The highest BCUT2D eigenvalue weighted by Gasteiger charge is 2.32. The zero-order valence-corrected chi connectivity index (χ0v) is 16.8. The summed E-state index contributed by atoms with van der Waals surface area (Å²) in [5, 5.41) is 16.4. The molecule has 0 unspecified atom stereocenters. The Bertz CT molecular complexity index is 1120. The lowest BCUT2D eigenvalue weighted by atomic mass is 10.2. The second-order valence-electron chi connectivity index (χ2n) is 6.11. The van der Waals surface area contributed by atoms with Crippen LogP contribution in [-0.2, 0) is 11.3 Å². The third-order valence-corrected chi connectivity index (χ3v) is 4.97. The average molecular weight is 423 g/mol. The number of nitrogens with zero attached hydrogens (tertiary/aromatic N) is 5. The van der Waals surface area contributed by atoms with Crippen LogP contribution < -0.4 is 14.7 Å². The van der Waals surface area contributed by atoms with Gasteiger partial charge in [0.1, 0.15) is 11.5 Å². The van der Waals surface area contributed by atoms with Gasteiger partial charge in [-0.2, -0.15) is 0 Å². The molecule has 0 aliphatic carbocycles. The Morgan fingerprint density at radius 2 is 2.13 bits per heavy atom. The zero-order valence-electron chi connectivity index (χ0n) is 16.0. The fourth-order valence-corrected chi connectivity index (χ4v) is 3.45. The molecule has 3 heterocycles. The van der Waals surface area contributed by atoms with E-state index in [1.165, 1.54) is 15.8 Å². The second kappa shape index (κ2) is 8.78. The van der Waals surface area contributed by atoms with Crippen LogP contribution in [0.1, 0.15) is 12.7 Å². The Balaban J connectivity index is 1.56. The van der Waals surface area contributed by atoms with Crippen LogP contribution in [0, 0.1) is 0 Å². The lowest BCUT2D eigenvalue weighted by molar-refractivity contribution is -0.759. The predicted octanol–water partition coefficient (Wildman–Crippen LogP) is 2.14. The minimum absolute atomic E-state index is 0.0176. The van der Waals surface area contributed by atoms with Gasteiger partial charge in [0, 0.05) is 11.8 Å². The highest BCUT2D eigenvalue weighted by Crippen LogP contribution is 2.29.